The second-order valence-electron chi connectivity index (χ2n) is 6.41. The van der Waals surface area contributed by atoms with Crippen molar-refractivity contribution in [3.63, 3.8) is 0 Å². The summed E-state index contributed by atoms with van der Waals surface area (Å²) in [5, 5.41) is 3.89. The Balaban J connectivity index is 1.98. The van der Waals surface area contributed by atoms with E-state index >= 15 is 0 Å². The van der Waals surface area contributed by atoms with E-state index < -0.39 is 0 Å². The molecule has 0 aliphatic heterocycles. The van der Waals surface area contributed by atoms with Crippen LogP contribution in [0, 0.1) is 0 Å². The van der Waals surface area contributed by atoms with Gasteiger partial charge in [0.05, 0.1) is 6.61 Å². The van der Waals surface area contributed by atoms with Crippen LogP contribution in [0.2, 0.25) is 5.02 Å². The van der Waals surface area contributed by atoms with Crippen LogP contribution in [0.1, 0.15) is 42.5 Å². The summed E-state index contributed by atoms with van der Waals surface area (Å²) in [4.78, 5) is 19.8. The van der Waals surface area contributed by atoms with Gasteiger partial charge in [-0.1, -0.05) is 30.5 Å². The maximum Gasteiger partial charge on any atom is 0.254 e. The Morgan fingerprint density at radius 3 is 2.70 bits per heavy atom. The third-order valence-electron chi connectivity index (χ3n) is 4.29. The maximum atomic E-state index is 13.0. The van der Waals surface area contributed by atoms with E-state index in [1.807, 2.05) is 4.90 Å². The summed E-state index contributed by atoms with van der Waals surface area (Å²) in [5.41, 5.74) is 10.8. The summed E-state index contributed by atoms with van der Waals surface area (Å²) in [6, 6.07) is 5.33. The molecule has 0 saturated heterocycles. The number of nitrogens with two attached hydrogens (primary N) is 2. The Labute approximate surface area is 164 Å². The highest BCUT2D eigenvalue weighted by Crippen LogP contribution is 2.27. The monoisotopic (exact) mass is 394 g/mol. The normalized spacial score (nSPS) is 13.8. The van der Waals surface area contributed by atoms with Crippen molar-refractivity contribution >= 4 is 23.5 Å². The summed E-state index contributed by atoms with van der Waals surface area (Å²) >= 11 is 6.19. The van der Waals surface area contributed by atoms with Crippen molar-refractivity contribution in [1.29, 1.82) is 0 Å². The molecule has 0 atom stereocenters. The smallest absolute Gasteiger partial charge is 0.254 e. The third kappa shape index (κ3) is 6.67. The Hall–Kier alpha value is -2.41. The van der Waals surface area contributed by atoms with Crippen LogP contribution in [0.15, 0.2) is 36.0 Å². The molecule has 1 aliphatic rings. The molecule has 0 heterocycles. The molecular formula is C19H27ClN4O3. The molecule has 0 spiro atoms. The van der Waals surface area contributed by atoms with E-state index in [2.05, 4.69) is 11.7 Å². The zero-order valence-electron chi connectivity index (χ0n) is 15.4. The largest absolute Gasteiger partial charge is 0.493 e. The van der Waals surface area contributed by atoms with E-state index in [9.17, 15) is 4.79 Å². The van der Waals surface area contributed by atoms with Gasteiger partial charge in [-0.2, -0.15) is 0 Å². The van der Waals surface area contributed by atoms with Gasteiger partial charge in [-0.25, -0.2) is 0 Å². The summed E-state index contributed by atoms with van der Waals surface area (Å²) in [7, 11) is 0. The molecule has 1 saturated carbocycles. The molecular weight excluding hydrogens is 368 g/mol. The minimum atomic E-state index is -0.125. The second kappa shape index (κ2) is 10.7. The van der Waals surface area contributed by atoms with Crippen molar-refractivity contribution in [2.75, 3.05) is 19.8 Å². The van der Waals surface area contributed by atoms with Gasteiger partial charge in [-0.05, 0) is 36.2 Å². The number of guanidine groups is 1. The van der Waals surface area contributed by atoms with Crippen LogP contribution in [0.3, 0.4) is 0 Å². The lowest BCUT2D eigenvalue weighted by atomic mass is 10.1. The fourth-order valence-corrected chi connectivity index (χ4v) is 3.35. The predicted molar refractivity (Wildman–Crippen MR) is 107 cm³/mol. The van der Waals surface area contributed by atoms with Gasteiger partial charge >= 0.3 is 0 Å². The Morgan fingerprint density at radius 2 is 2.04 bits per heavy atom. The highest BCUT2D eigenvalue weighted by atomic mass is 35.5. The van der Waals surface area contributed by atoms with Crippen LogP contribution in [-0.4, -0.2) is 42.6 Å². The lowest BCUT2D eigenvalue weighted by molar-refractivity contribution is 0.0706. The van der Waals surface area contributed by atoms with Crippen molar-refractivity contribution in [3.05, 3.63) is 41.4 Å². The fourth-order valence-electron chi connectivity index (χ4n) is 3.12. The molecule has 1 aromatic carbocycles. The molecule has 0 aromatic heterocycles. The minimum absolute atomic E-state index is 0.0507. The Kier molecular flexibility index (Phi) is 8.26. The van der Waals surface area contributed by atoms with Gasteiger partial charge in [0.25, 0.3) is 5.91 Å². The molecule has 1 aliphatic carbocycles. The number of benzene rings is 1. The fraction of sp³-hybridized carbons (Fsp3) is 0.474. The van der Waals surface area contributed by atoms with E-state index in [-0.39, 0.29) is 17.9 Å². The number of carbonyl (C=O) groups excluding carboxylic acids is 1. The molecule has 1 fully saturated rings. The molecule has 7 nitrogen and oxygen atoms in total. The van der Waals surface area contributed by atoms with Crippen molar-refractivity contribution in [2.45, 2.75) is 38.1 Å². The SMILES string of the molecule is C=CCN(C(=O)c1cc(Cl)cc(OCCCON=C(N)N)c1)C1CCCC1. The first kappa shape index (κ1) is 20.9. The number of halogens is 1. The molecule has 8 heteroatoms. The predicted octanol–water partition coefficient (Wildman–Crippen LogP) is 2.88. The average molecular weight is 395 g/mol. The van der Waals surface area contributed by atoms with Crippen LogP contribution in [0.5, 0.6) is 5.75 Å². The molecule has 1 aromatic rings. The first-order valence-electron chi connectivity index (χ1n) is 9.07. The van der Waals surface area contributed by atoms with Crippen molar-refractivity contribution in [3.8, 4) is 5.75 Å². The summed E-state index contributed by atoms with van der Waals surface area (Å²) in [6.45, 7) is 5.00. The molecule has 1 amide bonds. The van der Waals surface area contributed by atoms with Crippen molar-refractivity contribution in [2.24, 2.45) is 16.6 Å². The first-order valence-corrected chi connectivity index (χ1v) is 9.45. The highest BCUT2D eigenvalue weighted by Gasteiger charge is 2.27. The van der Waals surface area contributed by atoms with Gasteiger partial charge in [-0.3, -0.25) is 4.79 Å². The maximum absolute atomic E-state index is 13.0. The van der Waals surface area contributed by atoms with E-state index in [1.165, 1.54) is 0 Å². The quantitative estimate of drug-likeness (QED) is 0.209. The number of hydrogen-bond donors (Lipinski definition) is 2. The van der Waals surface area contributed by atoms with Crippen LogP contribution < -0.4 is 16.2 Å². The highest BCUT2D eigenvalue weighted by molar-refractivity contribution is 6.31. The van der Waals surface area contributed by atoms with E-state index in [1.54, 1.807) is 24.3 Å². The zero-order valence-corrected chi connectivity index (χ0v) is 16.2. The molecule has 4 N–H and O–H groups in total. The van der Waals surface area contributed by atoms with Crippen molar-refractivity contribution < 1.29 is 14.4 Å². The summed E-state index contributed by atoms with van der Waals surface area (Å²) < 4.78 is 5.68. The lowest BCUT2D eigenvalue weighted by Crippen LogP contribution is -2.38. The summed E-state index contributed by atoms with van der Waals surface area (Å²) in [5.74, 6) is 0.364. The lowest BCUT2D eigenvalue weighted by Gasteiger charge is -2.28. The molecule has 2 rings (SSSR count). The number of carbonyl (C=O) groups is 1. The number of ether oxygens (including phenoxy) is 1. The first-order chi connectivity index (χ1) is 13.0. The van der Waals surface area contributed by atoms with Gasteiger partial charge in [0.1, 0.15) is 12.4 Å². The van der Waals surface area contributed by atoms with Gasteiger partial charge in [0, 0.05) is 29.6 Å². The number of oxime groups is 1. The topological polar surface area (TPSA) is 103 Å². The average Bonchev–Trinajstić information content (AvgIpc) is 3.15. The molecule has 27 heavy (non-hydrogen) atoms. The number of nitrogens with zero attached hydrogens (tertiary/aromatic N) is 2. The van der Waals surface area contributed by atoms with Crippen LogP contribution >= 0.6 is 11.6 Å². The van der Waals surface area contributed by atoms with E-state index in [4.69, 9.17) is 32.6 Å². The van der Waals surface area contributed by atoms with E-state index in [0.29, 0.717) is 42.5 Å². The molecule has 0 unspecified atom stereocenters. The molecule has 148 valence electrons. The zero-order chi connectivity index (χ0) is 19.6. The number of rotatable bonds is 10. The third-order valence-corrected chi connectivity index (χ3v) is 4.51. The minimum Gasteiger partial charge on any atom is -0.493 e. The van der Waals surface area contributed by atoms with Gasteiger partial charge in [0.2, 0.25) is 5.96 Å². The second-order valence-corrected chi connectivity index (χ2v) is 6.85. The molecule has 0 bridgehead atoms. The standard InChI is InChI=1S/C19H27ClN4O3/c1-2-8-24(16-6-3-4-7-16)18(25)14-11-15(20)13-17(12-14)26-9-5-10-27-23-19(21)22/h2,11-13,16H,1,3-10H2,(H4,21,22,23). The number of amides is 1. The Morgan fingerprint density at radius 1 is 1.30 bits per heavy atom. The number of hydrogen-bond acceptors (Lipinski definition) is 4. The van der Waals surface area contributed by atoms with Crippen LogP contribution in [-0.2, 0) is 4.84 Å². The van der Waals surface area contributed by atoms with Gasteiger partial charge in [-0.15, -0.1) is 6.58 Å². The van der Waals surface area contributed by atoms with Crippen LogP contribution in [0.4, 0.5) is 0 Å². The molecule has 0 radical (unpaired) electrons. The summed E-state index contributed by atoms with van der Waals surface area (Å²) in [6.07, 6.45) is 6.69. The van der Waals surface area contributed by atoms with Gasteiger partial charge in [0.15, 0.2) is 0 Å². The Bertz CT molecular complexity index is 671. The van der Waals surface area contributed by atoms with Crippen LogP contribution in [0.25, 0.3) is 0 Å². The van der Waals surface area contributed by atoms with E-state index in [0.717, 1.165) is 25.7 Å². The van der Waals surface area contributed by atoms with Gasteiger partial charge < -0.3 is 25.9 Å². The van der Waals surface area contributed by atoms with Crippen molar-refractivity contribution in [1.82, 2.24) is 4.90 Å².